The summed E-state index contributed by atoms with van der Waals surface area (Å²) < 4.78 is 40.7. The van der Waals surface area contributed by atoms with Gasteiger partial charge in [-0.25, -0.2) is 4.98 Å². The maximum Gasteiger partial charge on any atom is 0.433 e. The highest BCUT2D eigenvalue weighted by Crippen LogP contribution is 2.29. The number of aromatic nitrogens is 2. The van der Waals surface area contributed by atoms with Gasteiger partial charge in [-0.1, -0.05) is 0 Å². The SMILES string of the molecule is COc1cc(C(F)(F)F)nc(N)n1. The average molecular weight is 193 g/mol. The third-order valence-corrected chi connectivity index (χ3v) is 1.22. The molecule has 0 aliphatic carbocycles. The first-order valence-electron chi connectivity index (χ1n) is 3.19. The van der Waals surface area contributed by atoms with Crippen molar-refractivity contribution in [3.05, 3.63) is 11.8 Å². The van der Waals surface area contributed by atoms with Gasteiger partial charge >= 0.3 is 6.18 Å². The number of hydrogen-bond donors (Lipinski definition) is 1. The lowest BCUT2D eigenvalue weighted by Crippen LogP contribution is -2.11. The summed E-state index contributed by atoms with van der Waals surface area (Å²) in [5, 5.41) is 0. The largest absolute Gasteiger partial charge is 0.481 e. The van der Waals surface area contributed by atoms with Crippen molar-refractivity contribution in [3.63, 3.8) is 0 Å². The predicted molar refractivity (Wildman–Crippen MR) is 38.0 cm³/mol. The Bertz CT molecular complexity index is 312. The number of hydrogen-bond acceptors (Lipinski definition) is 4. The van der Waals surface area contributed by atoms with Gasteiger partial charge in [0.25, 0.3) is 0 Å². The second kappa shape index (κ2) is 3.08. The molecule has 1 aromatic heterocycles. The molecule has 0 radical (unpaired) electrons. The number of alkyl halides is 3. The van der Waals surface area contributed by atoms with Crippen LogP contribution in [0, 0.1) is 0 Å². The molecule has 0 saturated heterocycles. The fourth-order valence-corrected chi connectivity index (χ4v) is 0.693. The number of methoxy groups -OCH3 is 1. The Morgan fingerprint density at radius 3 is 2.46 bits per heavy atom. The lowest BCUT2D eigenvalue weighted by atomic mass is 10.4. The van der Waals surface area contributed by atoms with Gasteiger partial charge in [-0.3, -0.25) is 0 Å². The van der Waals surface area contributed by atoms with Crippen molar-refractivity contribution < 1.29 is 17.9 Å². The third kappa shape index (κ3) is 2.20. The van der Waals surface area contributed by atoms with Crippen molar-refractivity contribution in [1.82, 2.24) is 9.97 Å². The first-order valence-corrected chi connectivity index (χ1v) is 3.19. The highest BCUT2D eigenvalue weighted by atomic mass is 19.4. The van der Waals surface area contributed by atoms with Crippen LogP contribution in [0.2, 0.25) is 0 Å². The zero-order valence-corrected chi connectivity index (χ0v) is 6.59. The summed E-state index contributed by atoms with van der Waals surface area (Å²) >= 11 is 0. The predicted octanol–water partition coefficient (Wildman–Crippen LogP) is 1.09. The smallest absolute Gasteiger partial charge is 0.433 e. The average Bonchev–Trinajstić information content (AvgIpc) is 2.01. The Morgan fingerprint density at radius 2 is 2.00 bits per heavy atom. The molecule has 1 aromatic rings. The van der Waals surface area contributed by atoms with Crippen molar-refractivity contribution in [3.8, 4) is 5.88 Å². The summed E-state index contributed by atoms with van der Waals surface area (Å²) in [6, 6.07) is 0.677. The molecule has 7 heteroatoms. The number of ether oxygens (including phenoxy) is 1. The molecule has 13 heavy (non-hydrogen) atoms. The number of nitrogen functional groups attached to an aromatic ring is 1. The minimum Gasteiger partial charge on any atom is -0.481 e. The molecule has 0 unspecified atom stereocenters. The topological polar surface area (TPSA) is 61.0 Å². The Hall–Kier alpha value is -1.53. The molecular weight excluding hydrogens is 187 g/mol. The second-order valence-electron chi connectivity index (χ2n) is 2.15. The molecule has 0 aliphatic heterocycles. The molecule has 1 heterocycles. The molecule has 0 fully saturated rings. The molecule has 0 aromatic carbocycles. The number of anilines is 1. The van der Waals surface area contributed by atoms with Gasteiger partial charge in [0.05, 0.1) is 7.11 Å². The maximum atomic E-state index is 12.1. The van der Waals surface area contributed by atoms with Crippen LogP contribution in [0.15, 0.2) is 6.07 Å². The molecule has 1 rings (SSSR count). The van der Waals surface area contributed by atoms with Crippen LogP contribution < -0.4 is 10.5 Å². The van der Waals surface area contributed by atoms with Crippen LogP contribution in [0.4, 0.5) is 19.1 Å². The summed E-state index contributed by atoms with van der Waals surface area (Å²) in [4.78, 5) is 6.42. The molecule has 72 valence electrons. The van der Waals surface area contributed by atoms with E-state index in [1.54, 1.807) is 0 Å². The van der Waals surface area contributed by atoms with Crippen LogP contribution in [0.5, 0.6) is 5.88 Å². The normalized spacial score (nSPS) is 11.4. The van der Waals surface area contributed by atoms with Crippen LogP contribution in [0.3, 0.4) is 0 Å². The summed E-state index contributed by atoms with van der Waals surface area (Å²) in [5.41, 5.74) is 3.92. The molecule has 0 saturated carbocycles. The van der Waals surface area contributed by atoms with E-state index in [9.17, 15) is 13.2 Å². The van der Waals surface area contributed by atoms with Gasteiger partial charge in [-0.05, 0) is 0 Å². The summed E-state index contributed by atoms with van der Waals surface area (Å²) in [7, 11) is 1.20. The number of halogens is 3. The number of nitrogens with zero attached hydrogens (tertiary/aromatic N) is 2. The monoisotopic (exact) mass is 193 g/mol. The van der Waals surface area contributed by atoms with Gasteiger partial charge in [0.2, 0.25) is 11.8 Å². The van der Waals surface area contributed by atoms with E-state index >= 15 is 0 Å². The highest BCUT2D eigenvalue weighted by Gasteiger charge is 2.33. The zero-order chi connectivity index (χ0) is 10.1. The summed E-state index contributed by atoms with van der Waals surface area (Å²) in [6.45, 7) is 0. The van der Waals surface area contributed by atoms with Crippen molar-refractivity contribution in [2.24, 2.45) is 0 Å². The van der Waals surface area contributed by atoms with E-state index in [1.165, 1.54) is 7.11 Å². The quantitative estimate of drug-likeness (QED) is 0.725. The van der Waals surface area contributed by atoms with Gasteiger partial charge < -0.3 is 10.5 Å². The molecular formula is C6H6F3N3O. The van der Waals surface area contributed by atoms with E-state index in [4.69, 9.17) is 5.73 Å². The minimum absolute atomic E-state index is 0.208. The Morgan fingerprint density at radius 1 is 1.38 bits per heavy atom. The van der Waals surface area contributed by atoms with E-state index in [0.717, 1.165) is 0 Å². The van der Waals surface area contributed by atoms with Gasteiger partial charge in [-0.15, -0.1) is 0 Å². The summed E-state index contributed by atoms with van der Waals surface area (Å²) in [6.07, 6.45) is -4.54. The lowest BCUT2D eigenvalue weighted by Gasteiger charge is -2.07. The molecule has 0 amide bonds. The maximum absolute atomic E-state index is 12.1. The van der Waals surface area contributed by atoms with Crippen LogP contribution >= 0.6 is 0 Å². The molecule has 4 nitrogen and oxygen atoms in total. The van der Waals surface area contributed by atoms with Crippen LogP contribution in [0.25, 0.3) is 0 Å². The van der Waals surface area contributed by atoms with E-state index in [0.29, 0.717) is 6.07 Å². The Kier molecular flexibility index (Phi) is 2.26. The van der Waals surface area contributed by atoms with Crippen LogP contribution in [-0.4, -0.2) is 17.1 Å². The Labute approximate surface area is 71.6 Å². The molecule has 0 bridgehead atoms. The van der Waals surface area contributed by atoms with E-state index in [1.807, 2.05) is 0 Å². The molecule has 2 N–H and O–H groups in total. The van der Waals surface area contributed by atoms with Gasteiger partial charge in [0, 0.05) is 6.07 Å². The van der Waals surface area contributed by atoms with E-state index in [-0.39, 0.29) is 5.88 Å². The van der Waals surface area contributed by atoms with Gasteiger partial charge in [0.15, 0.2) is 5.69 Å². The van der Waals surface area contributed by atoms with Crippen molar-refractivity contribution in [2.45, 2.75) is 6.18 Å². The lowest BCUT2D eigenvalue weighted by molar-refractivity contribution is -0.141. The fourth-order valence-electron chi connectivity index (χ4n) is 0.693. The molecule has 0 aliphatic rings. The third-order valence-electron chi connectivity index (χ3n) is 1.22. The van der Waals surface area contributed by atoms with Crippen LogP contribution in [-0.2, 0) is 6.18 Å². The first-order chi connectivity index (χ1) is 5.93. The summed E-state index contributed by atoms with van der Waals surface area (Å²) in [5.74, 6) is -0.675. The number of nitrogens with two attached hydrogens (primary N) is 1. The Balaban J connectivity index is 3.16. The van der Waals surface area contributed by atoms with Crippen molar-refractivity contribution in [1.29, 1.82) is 0 Å². The number of rotatable bonds is 1. The molecule has 0 atom stereocenters. The van der Waals surface area contributed by atoms with Gasteiger partial charge in [0.1, 0.15) is 0 Å². The molecule has 0 spiro atoms. The standard InChI is InChI=1S/C6H6F3N3O/c1-13-4-2-3(6(7,8)9)11-5(10)12-4/h2H,1H3,(H2,10,11,12). The minimum atomic E-state index is -4.54. The first kappa shape index (κ1) is 9.56. The van der Waals surface area contributed by atoms with E-state index in [2.05, 4.69) is 14.7 Å². The fraction of sp³-hybridized carbons (Fsp3) is 0.333. The zero-order valence-electron chi connectivity index (χ0n) is 6.59. The van der Waals surface area contributed by atoms with Crippen LogP contribution in [0.1, 0.15) is 5.69 Å². The van der Waals surface area contributed by atoms with Crippen molar-refractivity contribution in [2.75, 3.05) is 12.8 Å². The highest BCUT2D eigenvalue weighted by molar-refractivity contribution is 5.27. The van der Waals surface area contributed by atoms with Gasteiger partial charge in [-0.2, -0.15) is 18.2 Å². The van der Waals surface area contributed by atoms with Crippen molar-refractivity contribution >= 4 is 5.95 Å². The van der Waals surface area contributed by atoms with E-state index < -0.39 is 17.8 Å². The second-order valence-corrected chi connectivity index (χ2v) is 2.15.